The lowest BCUT2D eigenvalue weighted by Gasteiger charge is -1.84. The van der Waals surface area contributed by atoms with Crippen molar-refractivity contribution in [1.82, 2.24) is 0 Å². The maximum atomic E-state index is 5.49. The van der Waals surface area contributed by atoms with Gasteiger partial charge in [0.25, 0.3) is 0 Å². The number of hydrogen-bond acceptors (Lipinski definition) is 1. The van der Waals surface area contributed by atoms with Crippen LogP contribution >= 0.6 is 23.2 Å². The zero-order valence-corrected chi connectivity index (χ0v) is 9.28. The highest BCUT2D eigenvalue weighted by molar-refractivity contribution is 6.68. The summed E-state index contributed by atoms with van der Waals surface area (Å²) >= 11 is 10.8. The molecule has 0 radical (unpaired) electrons. The summed E-state index contributed by atoms with van der Waals surface area (Å²) in [5.74, 6) is 0. The lowest BCUT2D eigenvalue weighted by molar-refractivity contribution is 1.09. The minimum Gasteiger partial charge on any atom is -0.225 e. The van der Waals surface area contributed by atoms with E-state index in [4.69, 9.17) is 23.2 Å². The van der Waals surface area contributed by atoms with Crippen LogP contribution in [-0.2, 0) is 0 Å². The summed E-state index contributed by atoms with van der Waals surface area (Å²) in [5, 5.41) is 0.538. The highest BCUT2D eigenvalue weighted by Crippen LogP contribution is 2.01. The van der Waals surface area contributed by atoms with Gasteiger partial charge in [0.05, 0.1) is 0 Å². The van der Waals surface area contributed by atoms with Crippen molar-refractivity contribution in [1.29, 1.82) is 0 Å². The van der Waals surface area contributed by atoms with Crippen LogP contribution in [-0.4, -0.2) is 5.17 Å². The molecule has 12 heavy (non-hydrogen) atoms. The average molecular weight is 208 g/mol. The maximum absolute atomic E-state index is 5.49. The summed E-state index contributed by atoms with van der Waals surface area (Å²) in [6.07, 6.45) is 4.65. The van der Waals surface area contributed by atoms with Gasteiger partial charge < -0.3 is 0 Å². The molecule has 0 rings (SSSR count). The van der Waals surface area contributed by atoms with E-state index in [1.807, 2.05) is 6.92 Å². The second-order valence-corrected chi connectivity index (χ2v) is 2.84. The van der Waals surface area contributed by atoms with Gasteiger partial charge >= 0.3 is 0 Å². The minimum absolute atomic E-state index is 0.193. The molecule has 0 aliphatic rings. The zero-order chi connectivity index (χ0) is 9.98. The van der Waals surface area contributed by atoms with Gasteiger partial charge in [-0.3, -0.25) is 0 Å². The largest absolute Gasteiger partial charge is 0.225 e. The predicted octanol–water partition coefficient (Wildman–Crippen LogP) is 4.33. The molecule has 0 saturated heterocycles. The van der Waals surface area contributed by atoms with Gasteiger partial charge in [0, 0.05) is 0 Å². The van der Waals surface area contributed by atoms with Crippen LogP contribution in [0.3, 0.4) is 0 Å². The summed E-state index contributed by atoms with van der Waals surface area (Å²) in [7, 11) is 0. The maximum Gasteiger partial charge on any atom is 0.130 e. The summed E-state index contributed by atoms with van der Waals surface area (Å²) in [5.41, 5.74) is 0. The second-order valence-electron chi connectivity index (χ2n) is 2.02. The summed E-state index contributed by atoms with van der Waals surface area (Å²) in [6.45, 7) is 9.43. The van der Waals surface area contributed by atoms with E-state index in [1.54, 1.807) is 12.2 Å². The molecule has 0 aliphatic carbocycles. The fourth-order valence-corrected chi connectivity index (χ4v) is 0.653. The molecule has 0 fully saturated rings. The van der Waals surface area contributed by atoms with Crippen molar-refractivity contribution in [3.8, 4) is 0 Å². The van der Waals surface area contributed by atoms with E-state index in [0.717, 1.165) is 0 Å². The average Bonchev–Trinajstić information content (AvgIpc) is 1.87. The molecule has 0 aromatic carbocycles. The molecule has 1 nitrogen and oxygen atoms in total. The Morgan fingerprint density at radius 1 is 1.42 bits per heavy atom. The second kappa shape index (κ2) is 10.7. The van der Waals surface area contributed by atoms with Crippen molar-refractivity contribution in [3.63, 3.8) is 0 Å². The monoisotopic (exact) mass is 207 g/mol. The van der Waals surface area contributed by atoms with Crippen molar-refractivity contribution in [2.45, 2.75) is 27.2 Å². The van der Waals surface area contributed by atoms with Crippen LogP contribution in [0, 0.1) is 0 Å². The van der Waals surface area contributed by atoms with Crippen LogP contribution in [0.1, 0.15) is 27.2 Å². The first kappa shape index (κ1) is 14.3. The molecule has 0 heterocycles. The Kier molecular flexibility index (Phi) is 12.8. The Bertz CT molecular complexity index is 171. The van der Waals surface area contributed by atoms with Crippen LogP contribution in [0.2, 0.25) is 0 Å². The molecule has 3 heteroatoms. The first-order valence-electron chi connectivity index (χ1n) is 3.79. The van der Waals surface area contributed by atoms with Gasteiger partial charge in [0.2, 0.25) is 0 Å². The van der Waals surface area contributed by atoms with Crippen LogP contribution < -0.4 is 0 Å². The van der Waals surface area contributed by atoms with Gasteiger partial charge in [-0.15, -0.1) is 0 Å². The number of allylic oxidation sites excluding steroid dienone is 2. The Balaban J connectivity index is 0. The van der Waals surface area contributed by atoms with Crippen LogP contribution in [0.25, 0.3) is 0 Å². The lowest BCUT2D eigenvalue weighted by Crippen LogP contribution is -1.76. The number of aliphatic imine (C=N–C) groups is 1. The quantitative estimate of drug-likeness (QED) is 0.473. The van der Waals surface area contributed by atoms with Crippen molar-refractivity contribution in [3.05, 3.63) is 23.9 Å². The fraction of sp³-hybridized carbons (Fsp3) is 0.444. The van der Waals surface area contributed by atoms with E-state index in [-0.39, 0.29) is 5.16 Å². The third-order valence-corrected chi connectivity index (χ3v) is 0.827. The van der Waals surface area contributed by atoms with Crippen LogP contribution in [0.5, 0.6) is 0 Å². The topological polar surface area (TPSA) is 12.4 Å². The van der Waals surface area contributed by atoms with E-state index < -0.39 is 0 Å². The van der Waals surface area contributed by atoms with E-state index in [2.05, 4.69) is 25.4 Å². The Hall–Kier alpha value is -0.270. The first-order valence-corrected chi connectivity index (χ1v) is 4.55. The van der Waals surface area contributed by atoms with Crippen molar-refractivity contribution < 1.29 is 0 Å². The molecule has 0 bridgehead atoms. The summed E-state index contributed by atoms with van der Waals surface area (Å²) < 4.78 is 0. The molecule has 0 atom stereocenters. The van der Waals surface area contributed by atoms with Gasteiger partial charge in [0.1, 0.15) is 10.3 Å². The third kappa shape index (κ3) is 16.4. The number of nitrogens with zero attached hydrogens (tertiary/aromatic N) is 1. The standard InChI is InChI=1S/C6H7Cl2N.C3H8/c1-3-4-6(8)9-5(2)7;1-3-2/h3-4H,2H2,1H3;3H2,1-2H3/b4-3-,9-6+;. The van der Waals surface area contributed by atoms with Gasteiger partial charge in [-0.2, -0.15) is 0 Å². The number of rotatable bonds is 2. The van der Waals surface area contributed by atoms with Crippen molar-refractivity contribution >= 4 is 28.4 Å². The van der Waals surface area contributed by atoms with E-state index in [9.17, 15) is 0 Å². The molecule has 0 saturated carbocycles. The molecular weight excluding hydrogens is 193 g/mol. The SMILES string of the molecule is C=C(Cl)/N=C(Cl)\C=C/C.CCC. The molecule has 0 amide bonds. The molecule has 0 aromatic heterocycles. The van der Waals surface area contributed by atoms with Gasteiger partial charge in [0.15, 0.2) is 0 Å². The molecule has 0 N–H and O–H groups in total. The molecule has 0 aliphatic heterocycles. The van der Waals surface area contributed by atoms with Gasteiger partial charge in [-0.05, 0) is 13.0 Å². The summed E-state index contributed by atoms with van der Waals surface area (Å²) in [6, 6.07) is 0. The Morgan fingerprint density at radius 2 is 1.83 bits per heavy atom. The zero-order valence-electron chi connectivity index (χ0n) is 7.77. The van der Waals surface area contributed by atoms with Crippen molar-refractivity contribution in [2.75, 3.05) is 0 Å². The number of halogens is 2. The highest BCUT2D eigenvalue weighted by atomic mass is 35.5. The van der Waals surface area contributed by atoms with Crippen LogP contribution in [0.4, 0.5) is 0 Å². The molecular formula is C9H15Cl2N. The van der Waals surface area contributed by atoms with Gasteiger partial charge in [-0.25, -0.2) is 4.99 Å². The molecule has 0 spiro atoms. The van der Waals surface area contributed by atoms with E-state index >= 15 is 0 Å². The smallest absolute Gasteiger partial charge is 0.130 e. The molecule has 0 unspecified atom stereocenters. The molecule has 70 valence electrons. The lowest BCUT2D eigenvalue weighted by atomic mass is 10.6. The van der Waals surface area contributed by atoms with E-state index in [1.165, 1.54) is 6.42 Å². The predicted molar refractivity (Wildman–Crippen MR) is 59.1 cm³/mol. The molecule has 0 aromatic rings. The normalized spacial score (nSPS) is 10.9. The van der Waals surface area contributed by atoms with Crippen molar-refractivity contribution in [2.24, 2.45) is 4.99 Å². The Morgan fingerprint density at radius 3 is 2.08 bits per heavy atom. The van der Waals surface area contributed by atoms with Crippen LogP contribution in [0.15, 0.2) is 28.9 Å². The summed E-state index contributed by atoms with van der Waals surface area (Å²) in [4.78, 5) is 3.63. The highest BCUT2D eigenvalue weighted by Gasteiger charge is 1.84. The first-order chi connectivity index (χ1) is 5.58. The number of hydrogen-bond donors (Lipinski definition) is 0. The minimum atomic E-state index is 0.193. The third-order valence-electron chi connectivity index (χ3n) is 0.532. The Labute approximate surface area is 84.8 Å². The van der Waals surface area contributed by atoms with E-state index in [0.29, 0.717) is 5.17 Å². The van der Waals surface area contributed by atoms with Gasteiger partial charge in [-0.1, -0.05) is 56.1 Å². The fourth-order valence-electron chi connectivity index (χ4n) is 0.291.